The Hall–Kier alpha value is -2.81. The number of carbonyl (C=O) groups is 3. The molecule has 0 fully saturated rings. The summed E-state index contributed by atoms with van der Waals surface area (Å²) in [6, 6.07) is 0. The van der Waals surface area contributed by atoms with Gasteiger partial charge in [-0.15, -0.1) is 11.3 Å². The average molecular weight is 375 g/mol. The molecule has 8 nitrogen and oxygen atoms in total. The number of carboxylic acid groups (broad SMARTS) is 1. The Morgan fingerprint density at radius 2 is 1.96 bits per heavy atom. The Labute approximate surface area is 153 Å². The molecular formula is C17H17N3O5S. The van der Waals surface area contributed by atoms with Gasteiger partial charge in [-0.1, -0.05) is 6.92 Å². The number of nitrogens with one attached hydrogen (secondary N) is 1. The lowest BCUT2D eigenvalue weighted by Crippen LogP contribution is -2.20. The van der Waals surface area contributed by atoms with Gasteiger partial charge in [0.05, 0.1) is 12.7 Å². The number of methoxy groups -OCH3 is 1. The molecule has 0 aliphatic heterocycles. The van der Waals surface area contributed by atoms with Gasteiger partial charge in [-0.05, 0) is 30.7 Å². The number of ether oxygens (including phenoxy) is 1. The first-order valence-electron chi connectivity index (χ1n) is 8.00. The molecule has 1 atom stereocenters. The Morgan fingerprint density at radius 1 is 1.27 bits per heavy atom. The zero-order valence-electron chi connectivity index (χ0n) is 14.2. The van der Waals surface area contributed by atoms with E-state index in [4.69, 9.17) is 9.84 Å². The molecule has 0 radical (unpaired) electrons. The van der Waals surface area contributed by atoms with Crippen molar-refractivity contribution in [2.75, 3.05) is 12.4 Å². The number of fused-ring (bicyclic) bond motifs is 1. The number of nitrogens with zero attached hydrogens (tertiary/aromatic N) is 2. The predicted octanol–water partition coefficient (Wildman–Crippen LogP) is 2.40. The highest BCUT2D eigenvalue weighted by Crippen LogP contribution is 2.40. The molecule has 2 heterocycles. The Balaban J connectivity index is 1.99. The van der Waals surface area contributed by atoms with E-state index in [0.717, 1.165) is 29.7 Å². The lowest BCUT2D eigenvalue weighted by molar-refractivity contribution is 0.0599. The van der Waals surface area contributed by atoms with E-state index < -0.39 is 23.5 Å². The predicted molar refractivity (Wildman–Crippen MR) is 93.8 cm³/mol. The molecule has 2 aromatic rings. The number of aromatic nitrogens is 2. The summed E-state index contributed by atoms with van der Waals surface area (Å²) in [7, 11) is 1.29. The first-order chi connectivity index (χ1) is 12.4. The molecule has 0 saturated heterocycles. The van der Waals surface area contributed by atoms with Crippen LogP contribution in [0.5, 0.6) is 0 Å². The minimum atomic E-state index is -1.35. The van der Waals surface area contributed by atoms with Crippen molar-refractivity contribution in [2.24, 2.45) is 5.92 Å². The molecule has 0 saturated carbocycles. The van der Waals surface area contributed by atoms with Gasteiger partial charge in [-0.25, -0.2) is 19.6 Å². The molecule has 0 bridgehead atoms. The fraction of sp³-hybridized carbons (Fsp3) is 0.353. The number of anilines is 1. The normalized spacial score (nSPS) is 15.8. The molecule has 1 unspecified atom stereocenters. The highest BCUT2D eigenvalue weighted by molar-refractivity contribution is 7.17. The molecule has 3 rings (SSSR count). The van der Waals surface area contributed by atoms with Crippen LogP contribution in [0.15, 0.2) is 12.4 Å². The molecule has 1 aliphatic carbocycles. The summed E-state index contributed by atoms with van der Waals surface area (Å²) in [4.78, 5) is 44.6. The van der Waals surface area contributed by atoms with Crippen molar-refractivity contribution in [3.05, 3.63) is 39.8 Å². The van der Waals surface area contributed by atoms with E-state index in [9.17, 15) is 14.4 Å². The first kappa shape index (κ1) is 18.0. The van der Waals surface area contributed by atoms with Crippen LogP contribution in [0.4, 0.5) is 5.00 Å². The number of rotatable bonds is 4. The van der Waals surface area contributed by atoms with E-state index in [1.807, 2.05) is 0 Å². The van der Waals surface area contributed by atoms with E-state index in [-0.39, 0.29) is 5.69 Å². The van der Waals surface area contributed by atoms with Crippen LogP contribution in [0.3, 0.4) is 0 Å². The van der Waals surface area contributed by atoms with Crippen molar-refractivity contribution in [3.8, 4) is 0 Å². The van der Waals surface area contributed by atoms with Crippen molar-refractivity contribution in [1.82, 2.24) is 9.97 Å². The Morgan fingerprint density at radius 3 is 2.62 bits per heavy atom. The van der Waals surface area contributed by atoms with Crippen molar-refractivity contribution in [2.45, 2.75) is 26.2 Å². The van der Waals surface area contributed by atoms with Crippen LogP contribution in [0.25, 0.3) is 0 Å². The maximum Gasteiger partial charge on any atom is 0.356 e. The molecular weight excluding hydrogens is 358 g/mol. The summed E-state index contributed by atoms with van der Waals surface area (Å²) < 4.78 is 4.87. The van der Waals surface area contributed by atoms with E-state index in [1.54, 1.807) is 0 Å². The van der Waals surface area contributed by atoms with Crippen LogP contribution in [-0.2, 0) is 17.6 Å². The lowest BCUT2D eigenvalue weighted by atomic mass is 9.88. The molecule has 2 N–H and O–H groups in total. The summed E-state index contributed by atoms with van der Waals surface area (Å²) in [6.45, 7) is 2.14. The van der Waals surface area contributed by atoms with E-state index in [0.29, 0.717) is 16.5 Å². The minimum absolute atomic E-state index is 0.310. The van der Waals surface area contributed by atoms with Gasteiger partial charge in [0, 0.05) is 17.3 Å². The largest absolute Gasteiger partial charge is 0.476 e. The van der Waals surface area contributed by atoms with Crippen LogP contribution in [0.1, 0.15) is 55.1 Å². The van der Waals surface area contributed by atoms with E-state index in [1.165, 1.54) is 30.8 Å². The molecule has 0 spiro atoms. The summed E-state index contributed by atoms with van der Waals surface area (Å²) in [5, 5.41) is 12.1. The summed E-state index contributed by atoms with van der Waals surface area (Å²) in [5.74, 6) is -2.11. The van der Waals surface area contributed by atoms with E-state index >= 15 is 0 Å². The average Bonchev–Trinajstić information content (AvgIpc) is 2.97. The third kappa shape index (κ3) is 3.30. The van der Waals surface area contributed by atoms with Gasteiger partial charge in [0.25, 0.3) is 5.91 Å². The monoisotopic (exact) mass is 375 g/mol. The second kappa shape index (κ2) is 7.20. The molecule has 9 heteroatoms. The third-order valence-corrected chi connectivity index (χ3v) is 5.41. The molecule has 26 heavy (non-hydrogen) atoms. The molecule has 136 valence electrons. The second-order valence-electron chi connectivity index (χ2n) is 6.06. The lowest BCUT2D eigenvalue weighted by Gasteiger charge is -2.18. The SMILES string of the molecule is COC(=O)c1c(NC(=O)c2nccnc2C(=O)O)sc2c1CCC(C)C2. The number of carboxylic acids is 1. The minimum Gasteiger partial charge on any atom is -0.476 e. The summed E-state index contributed by atoms with van der Waals surface area (Å²) in [6.07, 6.45) is 4.95. The van der Waals surface area contributed by atoms with Gasteiger partial charge in [0.2, 0.25) is 0 Å². The summed E-state index contributed by atoms with van der Waals surface area (Å²) in [5.41, 5.74) is 0.483. The van der Waals surface area contributed by atoms with Gasteiger partial charge >= 0.3 is 11.9 Å². The zero-order valence-corrected chi connectivity index (χ0v) is 15.1. The Bertz CT molecular complexity index is 893. The number of hydrogen-bond acceptors (Lipinski definition) is 7. The number of carbonyl (C=O) groups excluding carboxylic acids is 2. The third-order valence-electron chi connectivity index (χ3n) is 4.24. The van der Waals surface area contributed by atoms with Crippen LogP contribution in [0.2, 0.25) is 0 Å². The maximum absolute atomic E-state index is 12.6. The standard InChI is InChI=1S/C17H17N3O5S/c1-8-3-4-9-10(7-8)26-15(11(9)17(24)25-2)20-14(21)12-13(16(22)23)19-6-5-18-12/h5-6,8H,3-4,7H2,1-2H3,(H,20,21)(H,22,23). The van der Waals surface area contributed by atoms with E-state index in [2.05, 4.69) is 22.2 Å². The highest BCUT2D eigenvalue weighted by Gasteiger charge is 2.30. The fourth-order valence-electron chi connectivity index (χ4n) is 2.98. The molecule has 0 aromatic carbocycles. The van der Waals surface area contributed by atoms with Gasteiger partial charge in [-0.3, -0.25) is 4.79 Å². The zero-order chi connectivity index (χ0) is 18.8. The van der Waals surface area contributed by atoms with Crippen molar-refractivity contribution >= 4 is 34.2 Å². The van der Waals surface area contributed by atoms with Gasteiger partial charge in [0.15, 0.2) is 11.4 Å². The quantitative estimate of drug-likeness (QED) is 0.788. The van der Waals surface area contributed by atoms with Crippen molar-refractivity contribution in [3.63, 3.8) is 0 Å². The maximum atomic E-state index is 12.6. The Kier molecular flexibility index (Phi) is 4.99. The second-order valence-corrected chi connectivity index (χ2v) is 7.17. The van der Waals surface area contributed by atoms with Crippen molar-refractivity contribution in [1.29, 1.82) is 0 Å². The summed E-state index contributed by atoms with van der Waals surface area (Å²) >= 11 is 1.32. The van der Waals surface area contributed by atoms with Gasteiger partial charge < -0.3 is 15.2 Å². The van der Waals surface area contributed by atoms with Crippen LogP contribution >= 0.6 is 11.3 Å². The number of amides is 1. The van der Waals surface area contributed by atoms with Crippen LogP contribution in [-0.4, -0.2) is 40.0 Å². The molecule has 2 aromatic heterocycles. The number of aromatic carboxylic acids is 1. The molecule has 1 amide bonds. The fourth-order valence-corrected chi connectivity index (χ4v) is 4.37. The van der Waals surface area contributed by atoms with Crippen molar-refractivity contribution < 1.29 is 24.2 Å². The highest BCUT2D eigenvalue weighted by atomic mass is 32.1. The van der Waals surface area contributed by atoms with Gasteiger partial charge in [-0.2, -0.15) is 0 Å². The topological polar surface area (TPSA) is 118 Å². The number of hydrogen-bond donors (Lipinski definition) is 2. The smallest absolute Gasteiger partial charge is 0.356 e. The number of esters is 1. The molecule has 1 aliphatic rings. The van der Waals surface area contributed by atoms with Gasteiger partial charge in [0.1, 0.15) is 5.00 Å². The van der Waals surface area contributed by atoms with Crippen LogP contribution < -0.4 is 5.32 Å². The number of thiophene rings is 1. The first-order valence-corrected chi connectivity index (χ1v) is 8.82. The van der Waals surface area contributed by atoms with Crippen LogP contribution in [0, 0.1) is 5.92 Å².